The van der Waals surface area contributed by atoms with Crippen molar-refractivity contribution in [1.29, 1.82) is 0 Å². The molecule has 0 bridgehead atoms. The van der Waals surface area contributed by atoms with Gasteiger partial charge in [-0.3, -0.25) is 19.2 Å². The average Bonchev–Trinajstić information content (AvgIpc) is 2.78. The van der Waals surface area contributed by atoms with Gasteiger partial charge in [0.1, 0.15) is 5.56 Å². The van der Waals surface area contributed by atoms with E-state index in [9.17, 15) is 19.2 Å². The number of carboxylic acid groups (broad SMARTS) is 1. The molecule has 0 aliphatic carbocycles. The third-order valence-corrected chi connectivity index (χ3v) is 4.73. The lowest BCUT2D eigenvalue weighted by molar-refractivity contribution is -0.136. The van der Waals surface area contributed by atoms with Crippen LogP contribution in [0.4, 0.5) is 0 Å². The van der Waals surface area contributed by atoms with Crippen molar-refractivity contribution >= 4 is 17.7 Å². The van der Waals surface area contributed by atoms with E-state index in [0.717, 1.165) is 17.3 Å². The fourth-order valence-corrected chi connectivity index (χ4v) is 3.17. The number of amides is 1. The summed E-state index contributed by atoms with van der Waals surface area (Å²) in [5, 5.41) is 11.0. The predicted molar refractivity (Wildman–Crippen MR) is 113 cm³/mol. The molecular weight excluding hydrogens is 398 g/mol. The largest absolute Gasteiger partial charge is 0.481 e. The van der Waals surface area contributed by atoms with Crippen LogP contribution in [0.25, 0.3) is 0 Å². The molecular formula is C23H21N3O5. The molecule has 3 aromatic rings. The summed E-state index contributed by atoms with van der Waals surface area (Å²) in [6.45, 7) is -0.103. The molecule has 8 heteroatoms. The number of carboxylic acids is 1. The van der Waals surface area contributed by atoms with Gasteiger partial charge in [0.05, 0.1) is 6.42 Å². The SMILES string of the molecule is O=C(O)CCNC(=O)c1ncc(C(=O)CC(c2ccccc2)c2ccccc2)c(=O)[nH]1. The number of rotatable bonds is 9. The first kappa shape index (κ1) is 21.6. The summed E-state index contributed by atoms with van der Waals surface area (Å²) in [4.78, 5) is 54.0. The van der Waals surface area contributed by atoms with Crippen molar-refractivity contribution in [2.45, 2.75) is 18.8 Å². The third-order valence-electron chi connectivity index (χ3n) is 4.73. The van der Waals surface area contributed by atoms with Crippen molar-refractivity contribution in [3.05, 3.63) is 99.7 Å². The summed E-state index contributed by atoms with van der Waals surface area (Å²) >= 11 is 0. The topological polar surface area (TPSA) is 129 Å². The summed E-state index contributed by atoms with van der Waals surface area (Å²) in [5.74, 6) is -2.70. The maximum atomic E-state index is 12.9. The zero-order chi connectivity index (χ0) is 22.2. The normalized spacial score (nSPS) is 10.6. The molecule has 0 fully saturated rings. The lowest BCUT2D eigenvalue weighted by Crippen LogP contribution is -2.31. The number of nitrogens with zero attached hydrogens (tertiary/aromatic N) is 1. The number of H-pyrrole nitrogens is 1. The third kappa shape index (κ3) is 5.72. The van der Waals surface area contributed by atoms with E-state index < -0.39 is 23.2 Å². The van der Waals surface area contributed by atoms with Gasteiger partial charge >= 0.3 is 5.97 Å². The van der Waals surface area contributed by atoms with E-state index in [1.54, 1.807) is 0 Å². The van der Waals surface area contributed by atoms with E-state index in [4.69, 9.17) is 5.11 Å². The number of hydrogen-bond acceptors (Lipinski definition) is 5. The Balaban J connectivity index is 1.79. The molecule has 0 atom stereocenters. The van der Waals surface area contributed by atoms with E-state index >= 15 is 0 Å². The number of aromatic nitrogens is 2. The Morgan fingerprint density at radius 3 is 2.06 bits per heavy atom. The highest BCUT2D eigenvalue weighted by Crippen LogP contribution is 2.28. The van der Waals surface area contributed by atoms with Crippen molar-refractivity contribution in [3.63, 3.8) is 0 Å². The zero-order valence-electron chi connectivity index (χ0n) is 16.6. The van der Waals surface area contributed by atoms with Crippen molar-refractivity contribution in [3.8, 4) is 0 Å². The molecule has 0 radical (unpaired) electrons. The molecule has 3 rings (SSSR count). The van der Waals surface area contributed by atoms with E-state index in [-0.39, 0.29) is 36.7 Å². The second-order valence-corrected chi connectivity index (χ2v) is 6.88. The number of aliphatic carboxylic acids is 1. The molecule has 8 nitrogen and oxygen atoms in total. The summed E-state index contributed by atoms with van der Waals surface area (Å²) in [6, 6.07) is 19.1. The molecule has 0 saturated heterocycles. The van der Waals surface area contributed by atoms with Crippen LogP contribution in [-0.4, -0.2) is 39.3 Å². The number of Topliss-reactive ketones (excluding diaryl/α,β-unsaturated/α-hetero) is 1. The van der Waals surface area contributed by atoms with E-state index in [0.29, 0.717) is 0 Å². The predicted octanol–water partition coefficient (Wildman–Crippen LogP) is 2.38. The summed E-state index contributed by atoms with van der Waals surface area (Å²) in [7, 11) is 0. The monoisotopic (exact) mass is 419 g/mol. The molecule has 1 heterocycles. The van der Waals surface area contributed by atoms with Gasteiger partial charge in [-0.25, -0.2) is 4.98 Å². The number of aromatic amines is 1. The second kappa shape index (κ2) is 10.1. The molecule has 1 amide bonds. The molecule has 0 unspecified atom stereocenters. The molecule has 1 aromatic heterocycles. The molecule has 2 aromatic carbocycles. The van der Waals surface area contributed by atoms with Crippen LogP contribution < -0.4 is 10.9 Å². The molecule has 158 valence electrons. The van der Waals surface area contributed by atoms with Crippen molar-refractivity contribution < 1.29 is 19.5 Å². The Morgan fingerprint density at radius 1 is 0.968 bits per heavy atom. The number of carbonyl (C=O) groups is 3. The first-order chi connectivity index (χ1) is 15.0. The highest BCUT2D eigenvalue weighted by atomic mass is 16.4. The summed E-state index contributed by atoms with van der Waals surface area (Å²) in [6.07, 6.45) is 0.885. The first-order valence-electron chi connectivity index (χ1n) is 9.68. The Labute approximate surface area is 178 Å². The van der Waals surface area contributed by atoms with Gasteiger partial charge in [-0.1, -0.05) is 60.7 Å². The first-order valence-corrected chi connectivity index (χ1v) is 9.68. The van der Waals surface area contributed by atoms with Crippen LogP contribution in [0.1, 0.15) is 50.9 Å². The van der Waals surface area contributed by atoms with Gasteiger partial charge in [-0.2, -0.15) is 0 Å². The van der Waals surface area contributed by atoms with Crippen molar-refractivity contribution in [2.75, 3.05) is 6.54 Å². The Kier molecular flexibility index (Phi) is 7.05. The smallest absolute Gasteiger partial charge is 0.305 e. The van der Waals surface area contributed by atoms with Gasteiger partial charge in [0.15, 0.2) is 11.6 Å². The van der Waals surface area contributed by atoms with Gasteiger partial charge in [0.2, 0.25) is 0 Å². The molecule has 3 N–H and O–H groups in total. The van der Waals surface area contributed by atoms with Crippen LogP contribution in [0.5, 0.6) is 0 Å². The van der Waals surface area contributed by atoms with Gasteiger partial charge in [-0.15, -0.1) is 0 Å². The van der Waals surface area contributed by atoms with Crippen LogP contribution in [0.15, 0.2) is 71.7 Å². The van der Waals surface area contributed by atoms with Gasteiger partial charge < -0.3 is 15.4 Å². The van der Waals surface area contributed by atoms with Gasteiger partial charge in [-0.05, 0) is 11.1 Å². The summed E-state index contributed by atoms with van der Waals surface area (Å²) < 4.78 is 0. The van der Waals surface area contributed by atoms with E-state index in [2.05, 4.69) is 15.3 Å². The van der Waals surface area contributed by atoms with Crippen LogP contribution in [-0.2, 0) is 4.79 Å². The average molecular weight is 419 g/mol. The molecule has 0 saturated carbocycles. The van der Waals surface area contributed by atoms with E-state index in [1.165, 1.54) is 0 Å². The Hall–Kier alpha value is -4.07. The van der Waals surface area contributed by atoms with E-state index in [1.807, 2.05) is 60.7 Å². The minimum atomic E-state index is -1.06. The maximum absolute atomic E-state index is 12.9. The lowest BCUT2D eigenvalue weighted by Gasteiger charge is -2.17. The minimum absolute atomic E-state index is 0.0585. The standard InChI is InChI=1S/C23H21N3O5/c27-19(13-17(15-7-3-1-4-8-15)16-9-5-2-6-10-16)18-14-25-21(26-22(18)30)23(31)24-12-11-20(28)29/h1-10,14,17H,11-13H2,(H,24,31)(H,28,29)(H,25,26,30). The number of carbonyl (C=O) groups excluding carboxylic acids is 2. The minimum Gasteiger partial charge on any atom is -0.481 e. The van der Waals surface area contributed by atoms with Crippen LogP contribution >= 0.6 is 0 Å². The number of benzene rings is 2. The van der Waals surface area contributed by atoms with Crippen LogP contribution in [0.3, 0.4) is 0 Å². The number of ketones is 1. The fraction of sp³-hybridized carbons (Fsp3) is 0.174. The quantitative estimate of drug-likeness (QED) is 0.457. The fourth-order valence-electron chi connectivity index (χ4n) is 3.17. The van der Waals surface area contributed by atoms with Crippen molar-refractivity contribution in [2.24, 2.45) is 0 Å². The molecule has 0 aliphatic rings. The Bertz CT molecular complexity index is 1090. The molecule has 0 aliphatic heterocycles. The second-order valence-electron chi connectivity index (χ2n) is 6.88. The number of hydrogen-bond donors (Lipinski definition) is 3. The maximum Gasteiger partial charge on any atom is 0.305 e. The molecule has 31 heavy (non-hydrogen) atoms. The van der Waals surface area contributed by atoms with Crippen LogP contribution in [0.2, 0.25) is 0 Å². The molecule has 0 spiro atoms. The van der Waals surface area contributed by atoms with Crippen molar-refractivity contribution in [1.82, 2.24) is 15.3 Å². The zero-order valence-corrected chi connectivity index (χ0v) is 16.6. The number of nitrogens with one attached hydrogen (secondary N) is 2. The lowest BCUT2D eigenvalue weighted by atomic mass is 9.86. The highest BCUT2D eigenvalue weighted by molar-refractivity contribution is 5.97. The Morgan fingerprint density at radius 2 is 1.55 bits per heavy atom. The summed E-state index contributed by atoms with van der Waals surface area (Å²) in [5.41, 5.74) is 1.03. The van der Waals surface area contributed by atoms with Crippen LogP contribution in [0, 0.1) is 0 Å². The van der Waals surface area contributed by atoms with Gasteiger partial charge in [0.25, 0.3) is 11.5 Å². The van der Waals surface area contributed by atoms with Gasteiger partial charge in [0, 0.05) is 25.1 Å². The highest BCUT2D eigenvalue weighted by Gasteiger charge is 2.22.